The highest BCUT2D eigenvalue weighted by Crippen LogP contribution is 2.44. The molecule has 1 aromatic heterocycles. The van der Waals surface area contributed by atoms with Gasteiger partial charge in [0.15, 0.2) is 14.5 Å². The van der Waals surface area contributed by atoms with E-state index in [4.69, 9.17) is 19.4 Å². The largest absolute Gasteiger partial charge is 0.427 e. The number of hydrogen-bond donors (Lipinski definition) is 1. The summed E-state index contributed by atoms with van der Waals surface area (Å²) in [7, 11) is -2.52. The van der Waals surface area contributed by atoms with Crippen LogP contribution in [0.2, 0.25) is 18.1 Å². The average molecular weight is 561 g/mol. The van der Waals surface area contributed by atoms with Crippen LogP contribution >= 0.6 is 0 Å². The number of rotatable bonds is 9. The van der Waals surface area contributed by atoms with Crippen LogP contribution in [0.15, 0.2) is 45.2 Å². The first kappa shape index (κ1) is 29.8. The number of nitrogens with zero attached hydrogens (tertiary/aromatic N) is 5. The number of esters is 1. The number of non-ortho nitro benzene ring substituents is 1. The van der Waals surface area contributed by atoms with E-state index in [1.807, 2.05) is 33.9 Å². The van der Waals surface area contributed by atoms with Crippen molar-refractivity contribution in [3.05, 3.63) is 77.4 Å². The van der Waals surface area contributed by atoms with Crippen LogP contribution in [0.4, 0.5) is 5.69 Å². The van der Waals surface area contributed by atoms with E-state index in [0.29, 0.717) is 0 Å². The van der Waals surface area contributed by atoms with E-state index in [1.54, 1.807) is 6.92 Å². The fourth-order valence-electron chi connectivity index (χ4n) is 3.99. The fraction of sp³-hybridized carbons (Fsp3) is 0.542. The molecule has 0 unspecified atom stereocenters. The standard InChI is InChI=1S/C24H32N6O8Si/c1-14-13-29(23(33)27-21(14)32)22-20(38-39(5,6)24(2,3)4)17(18(37-22)12-26-28-25)11-19(31)36-16-9-7-15(8-10-16)30(34)35/h7-10,13,17-18,20,22H,11-12H2,1-6H3,(H,27,32,33)/t17-,18-,20-,22-/m1/s1. The van der Waals surface area contributed by atoms with Crippen molar-refractivity contribution in [3.63, 3.8) is 0 Å². The summed E-state index contributed by atoms with van der Waals surface area (Å²) < 4.78 is 19.6. The quantitative estimate of drug-likeness (QED) is 0.0696. The second kappa shape index (κ2) is 11.5. The minimum absolute atomic E-state index is 0.113. The lowest BCUT2D eigenvalue weighted by Crippen LogP contribution is -2.48. The fourth-order valence-corrected chi connectivity index (χ4v) is 5.31. The predicted octanol–water partition coefficient (Wildman–Crippen LogP) is 3.96. The molecule has 3 rings (SSSR count). The first-order chi connectivity index (χ1) is 18.1. The van der Waals surface area contributed by atoms with Crippen molar-refractivity contribution in [2.75, 3.05) is 6.54 Å². The number of benzene rings is 1. The summed E-state index contributed by atoms with van der Waals surface area (Å²) in [6.45, 7) is 11.5. The first-order valence-corrected chi connectivity index (χ1v) is 15.2. The molecule has 39 heavy (non-hydrogen) atoms. The molecule has 0 bridgehead atoms. The van der Waals surface area contributed by atoms with Gasteiger partial charge in [-0.05, 0) is 42.7 Å². The molecule has 0 radical (unpaired) electrons. The Morgan fingerprint density at radius 2 is 1.92 bits per heavy atom. The summed E-state index contributed by atoms with van der Waals surface area (Å²) >= 11 is 0. The number of aryl methyl sites for hydroxylation is 1. The molecule has 210 valence electrons. The molecule has 1 aromatic carbocycles. The van der Waals surface area contributed by atoms with Gasteiger partial charge in [-0.1, -0.05) is 25.9 Å². The Morgan fingerprint density at radius 1 is 1.28 bits per heavy atom. The highest BCUT2D eigenvalue weighted by atomic mass is 28.4. The molecular weight excluding hydrogens is 528 g/mol. The Labute approximate surface area is 224 Å². The summed E-state index contributed by atoms with van der Waals surface area (Å²) in [5.74, 6) is -1.25. The molecule has 0 saturated carbocycles. The maximum Gasteiger partial charge on any atom is 0.330 e. The van der Waals surface area contributed by atoms with Crippen LogP contribution in [0.3, 0.4) is 0 Å². The summed E-state index contributed by atoms with van der Waals surface area (Å²) in [5, 5.41) is 14.3. The molecule has 15 heteroatoms. The van der Waals surface area contributed by atoms with Crippen LogP contribution in [0.25, 0.3) is 10.4 Å². The third-order valence-corrected chi connectivity index (χ3v) is 11.6. The lowest BCUT2D eigenvalue weighted by atomic mass is 9.94. The number of H-pyrrole nitrogens is 1. The number of nitrogens with one attached hydrogen (secondary N) is 1. The summed E-state index contributed by atoms with van der Waals surface area (Å²) in [5.41, 5.74) is 7.82. The van der Waals surface area contributed by atoms with E-state index in [1.165, 1.54) is 35.0 Å². The zero-order valence-electron chi connectivity index (χ0n) is 22.6. The minimum atomic E-state index is -2.52. The molecule has 1 aliphatic heterocycles. The molecule has 14 nitrogen and oxygen atoms in total. The van der Waals surface area contributed by atoms with Crippen molar-refractivity contribution >= 4 is 20.0 Å². The van der Waals surface area contributed by atoms with Gasteiger partial charge in [-0.25, -0.2) is 4.79 Å². The topological polar surface area (TPSA) is 192 Å². The Hall–Kier alpha value is -3.78. The van der Waals surface area contributed by atoms with E-state index in [-0.39, 0.29) is 35.0 Å². The van der Waals surface area contributed by atoms with Crippen molar-refractivity contribution in [1.82, 2.24) is 9.55 Å². The molecule has 0 aliphatic carbocycles. The molecule has 1 N–H and O–H groups in total. The van der Waals surface area contributed by atoms with Gasteiger partial charge in [0.05, 0.1) is 30.1 Å². The molecule has 4 atom stereocenters. The molecule has 2 heterocycles. The normalized spacial score (nSPS) is 21.3. The van der Waals surface area contributed by atoms with Crippen molar-refractivity contribution in [1.29, 1.82) is 0 Å². The molecule has 0 amide bonds. The Balaban J connectivity index is 2.01. The van der Waals surface area contributed by atoms with Gasteiger partial charge in [0.25, 0.3) is 11.2 Å². The molecule has 1 aliphatic rings. The summed E-state index contributed by atoms with van der Waals surface area (Å²) in [6.07, 6.45) is -1.54. The van der Waals surface area contributed by atoms with E-state index in [0.717, 1.165) is 0 Å². The van der Waals surface area contributed by atoms with Gasteiger partial charge >= 0.3 is 11.7 Å². The Kier molecular flexibility index (Phi) is 8.80. The maximum atomic E-state index is 13.0. The van der Waals surface area contributed by atoms with Crippen LogP contribution in [0, 0.1) is 23.0 Å². The number of aromatic amines is 1. The number of nitro groups is 1. The number of aromatic nitrogens is 2. The molecule has 1 saturated heterocycles. The first-order valence-electron chi connectivity index (χ1n) is 12.3. The molecular formula is C24H32N6O8Si. The molecule has 0 spiro atoms. The van der Waals surface area contributed by atoms with E-state index in [2.05, 4.69) is 15.0 Å². The van der Waals surface area contributed by atoms with Crippen LogP contribution < -0.4 is 16.0 Å². The van der Waals surface area contributed by atoms with Gasteiger partial charge < -0.3 is 13.9 Å². The minimum Gasteiger partial charge on any atom is -0.427 e. The number of nitro benzene ring substituents is 1. The number of ether oxygens (including phenoxy) is 2. The molecule has 1 fully saturated rings. The van der Waals surface area contributed by atoms with Crippen LogP contribution in [-0.4, -0.2) is 47.5 Å². The van der Waals surface area contributed by atoms with Gasteiger partial charge in [0, 0.05) is 34.7 Å². The van der Waals surface area contributed by atoms with Crippen molar-refractivity contribution < 1.29 is 23.6 Å². The molecule has 2 aromatic rings. The van der Waals surface area contributed by atoms with E-state index < -0.39 is 54.8 Å². The highest BCUT2D eigenvalue weighted by Gasteiger charge is 2.51. The number of carbonyl (C=O) groups excluding carboxylic acids is 1. The third kappa shape index (κ3) is 6.81. The third-order valence-electron chi connectivity index (χ3n) is 7.16. The highest BCUT2D eigenvalue weighted by molar-refractivity contribution is 6.74. The van der Waals surface area contributed by atoms with Crippen LogP contribution in [0.5, 0.6) is 5.75 Å². The number of azide groups is 1. The second-order valence-corrected chi connectivity index (χ2v) is 15.6. The SMILES string of the molecule is Cc1cn([C@@H]2O[C@H](CN=[N+]=[N-])[C@@H](CC(=O)Oc3ccc([N+](=O)[O-])cc3)[C@H]2O[Si](C)(C)C(C)(C)C)c(=O)[nH]c1=O. The van der Waals surface area contributed by atoms with Crippen molar-refractivity contribution in [2.45, 2.75) is 70.7 Å². The predicted molar refractivity (Wildman–Crippen MR) is 143 cm³/mol. The van der Waals surface area contributed by atoms with Gasteiger partial charge in [-0.2, -0.15) is 0 Å². The second-order valence-electron chi connectivity index (χ2n) is 10.9. The maximum absolute atomic E-state index is 13.0. The van der Waals surface area contributed by atoms with Crippen molar-refractivity contribution in [2.24, 2.45) is 11.0 Å². The zero-order chi connectivity index (χ0) is 29.1. The van der Waals surface area contributed by atoms with Crippen molar-refractivity contribution in [3.8, 4) is 5.75 Å². The Morgan fingerprint density at radius 3 is 2.49 bits per heavy atom. The van der Waals surface area contributed by atoms with Gasteiger partial charge in [-0.3, -0.25) is 29.3 Å². The summed E-state index contributed by atoms with van der Waals surface area (Å²) in [4.78, 5) is 53.3. The smallest absolute Gasteiger partial charge is 0.330 e. The van der Waals surface area contributed by atoms with E-state index in [9.17, 15) is 24.5 Å². The van der Waals surface area contributed by atoms with Gasteiger partial charge in [0.2, 0.25) is 0 Å². The Bertz CT molecular complexity index is 1390. The number of carbonyl (C=O) groups is 1. The van der Waals surface area contributed by atoms with Crippen LogP contribution in [0.1, 0.15) is 39.0 Å². The van der Waals surface area contributed by atoms with Gasteiger partial charge in [0.1, 0.15) is 5.75 Å². The average Bonchev–Trinajstić information content (AvgIpc) is 3.15. The lowest BCUT2D eigenvalue weighted by Gasteiger charge is -2.40. The van der Waals surface area contributed by atoms with Gasteiger partial charge in [-0.15, -0.1) is 0 Å². The lowest BCUT2D eigenvalue weighted by molar-refractivity contribution is -0.384. The summed E-state index contributed by atoms with van der Waals surface area (Å²) in [6, 6.07) is 5.06. The number of hydrogen-bond acceptors (Lipinski definition) is 9. The van der Waals surface area contributed by atoms with E-state index >= 15 is 0 Å². The zero-order valence-corrected chi connectivity index (χ0v) is 23.6. The monoisotopic (exact) mass is 560 g/mol. The van der Waals surface area contributed by atoms with Crippen LogP contribution in [-0.2, 0) is 14.0 Å².